The average Bonchev–Trinajstić information content (AvgIpc) is 3.16. The minimum Gasteiger partial charge on any atom is -0.385 e. The second-order valence-electron chi connectivity index (χ2n) is 7.07. The summed E-state index contributed by atoms with van der Waals surface area (Å²) in [7, 11) is 0. The van der Waals surface area contributed by atoms with Crippen LogP contribution in [0, 0.1) is 0 Å². The fourth-order valence-corrected chi connectivity index (χ4v) is 4.12. The first-order valence-electron chi connectivity index (χ1n) is 9.48. The van der Waals surface area contributed by atoms with E-state index in [1.807, 2.05) is 18.3 Å². The first-order valence-corrected chi connectivity index (χ1v) is 10.2. The van der Waals surface area contributed by atoms with E-state index in [0.717, 1.165) is 57.9 Å². The van der Waals surface area contributed by atoms with E-state index in [-0.39, 0.29) is 0 Å². The number of benzene rings is 2. The summed E-state index contributed by atoms with van der Waals surface area (Å²) in [5.74, 6) is 0. The van der Waals surface area contributed by atoms with Crippen molar-refractivity contribution in [1.82, 2.24) is 4.90 Å². The molecule has 0 bridgehead atoms. The van der Waals surface area contributed by atoms with Crippen LogP contribution < -0.4 is 10.2 Å². The van der Waals surface area contributed by atoms with Gasteiger partial charge in [0, 0.05) is 44.6 Å². The minimum atomic E-state index is 0.626. The van der Waals surface area contributed by atoms with Crippen molar-refractivity contribution in [2.75, 3.05) is 49.5 Å². The molecule has 0 saturated carbocycles. The smallest absolute Gasteiger partial charge is 0.0825 e. The quantitative estimate of drug-likeness (QED) is 0.718. The molecule has 0 unspecified atom stereocenters. The van der Waals surface area contributed by atoms with Crippen molar-refractivity contribution >= 4 is 40.8 Å². The zero-order valence-corrected chi connectivity index (χ0v) is 16.8. The van der Waals surface area contributed by atoms with Crippen molar-refractivity contribution in [2.24, 2.45) is 4.99 Å². The molecule has 2 aromatic rings. The van der Waals surface area contributed by atoms with Gasteiger partial charge in [0.05, 0.1) is 22.3 Å². The summed E-state index contributed by atoms with van der Waals surface area (Å²) in [6.45, 7) is 6.98. The van der Waals surface area contributed by atoms with Crippen molar-refractivity contribution in [1.29, 1.82) is 0 Å². The van der Waals surface area contributed by atoms with Crippen LogP contribution in [-0.4, -0.2) is 50.4 Å². The molecule has 0 atom stereocenters. The minimum absolute atomic E-state index is 0.626. The number of hydrogen-bond donors (Lipinski definition) is 1. The second-order valence-corrected chi connectivity index (χ2v) is 7.85. The third kappa shape index (κ3) is 4.40. The van der Waals surface area contributed by atoms with E-state index in [1.165, 1.54) is 16.8 Å². The van der Waals surface area contributed by atoms with Gasteiger partial charge in [0.1, 0.15) is 0 Å². The van der Waals surface area contributed by atoms with Crippen molar-refractivity contribution in [3.63, 3.8) is 0 Å². The van der Waals surface area contributed by atoms with Gasteiger partial charge in [-0.1, -0.05) is 35.3 Å². The van der Waals surface area contributed by atoms with Gasteiger partial charge in [-0.3, -0.25) is 9.89 Å². The fraction of sp³-hybridized carbons (Fsp3) is 0.381. The Balaban J connectivity index is 1.19. The molecule has 27 heavy (non-hydrogen) atoms. The molecule has 6 heteroatoms. The fourth-order valence-electron chi connectivity index (χ4n) is 3.71. The topological polar surface area (TPSA) is 30.9 Å². The van der Waals surface area contributed by atoms with Gasteiger partial charge in [0.2, 0.25) is 0 Å². The number of fused-ring (bicyclic) bond motifs is 1. The molecule has 2 aliphatic heterocycles. The van der Waals surface area contributed by atoms with E-state index >= 15 is 0 Å². The zero-order valence-electron chi connectivity index (χ0n) is 15.3. The van der Waals surface area contributed by atoms with Gasteiger partial charge >= 0.3 is 0 Å². The van der Waals surface area contributed by atoms with E-state index in [1.54, 1.807) is 0 Å². The highest BCUT2D eigenvalue weighted by Gasteiger charge is 2.19. The molecule has 1 fully saturated rings. The summed E-state index contributed by atoms with van der Waals surface area (Å²) in [4.78, 5) is 9.16. The van der Waals surface area contributed by atoms with Crippen molar-refractivity contribution in [2.45, 2.75) is 13.0 Å². The molecule has 0 aromatic heterocycles. The highest BCUT2D eigenvalue weighted by Crippen LogP contribution is 2.32. The van der Waals surface area contributed by atoms with Crippen LogP contribution in [0.25, 0.3) is 0 Å². The Morgan fingerprint density at radius 2 is 1.89 bits per heavy atom. The monoisotopic (exact) mass is 402 g/mol. The van der Waals surface area contributed by atoms with Gasteiger partial charge in [0.25, 0.3) is 0 Å². The normalized spacial score (nSPS) is 16.6. The third-order valence-corrected chi connectivity index (χ3v) is 6.07. The Morgan fingerprint density at radius 3 is 2.74 bits per heavy atom. The van der Waals surface area contributed by atoms with Gasteiger partial charge in [-0.2, -0.15) is 0 Å². The number of rotatable bonds is 6. The van der Waals surface area contributed by atoms with Crippen LogP contribution in [0.15, 0.2) is 41.4 Å². The predicted molar refractivity (Wildman–Crippen MR) is 116 cm³/mol. The van der Waals surface area contributed by atoms with Gasteiger partial charge in [0.15, 0.2) is 0 Å². The molecule has 0 spiro atoms. The standard InChI is InChI=1S/C21H24Cl2N4/c22-19-3-1-4-20(21(19)23)27-11-9-26(10-12-27)8-2-7-25-18-6-5-16-14-24-15-17(16)13-18/h1,3-6,13-14,25H,2,7-12,15H2. The number of aliphatic imine (C=N–C) groups is 1. The van der Waals surface area contributed by atoms with E-state index < -0.39 is 0 Å². The molecule has 2 aliphatic rings. The molecule has 0 radical (unpaired) electrons. The van der Waals surface area contributed by atoms with Gasteiger partial charge in [-0.15, -0.1) is 0 Å². The van der Waals surface area contributed by atoms with E-state index in [4.69, 9.17) is 23.2 Å². The molecule has 0 aliphatic carbocycles. The molecular weight excluding hydrogens is 379 g/mol. The summed E-state index contributed by atoms with van der Waals surface area (Å²) in [5, 5.41) is 4.83. The molecule has 0 amide bonds. The molecule has 4 nitrogen and oxygen atoms in total. The maximum absolute atomic E-state index is 6.36. The van der Waals surface area contributed by atoms with Crippen LogP contribution in [0.3, 0.4) is 0 Å². The number of hydrogen-bond acceptors (Lipinski definition) is 4. The Labute approximate surface area is 170 Å². The van der Waals surface area contributed by atoms with E-state index in [9.17, 15) is 0 Å². The average molecular weight is 403 g/mol. The summed E-state index contributed by atoms with van der Waals surface area (Å²) in [5.41, 5.74) is 4.81. The Hall–Kier alpha value is -1.75. The largest absolute Gasteiger partial charge is 0.385 e. The maximum Gasteiger partial charge on any atom is 0.0825 e. The maximum atomic E-state index is 6.36. The number of halogens is 2. The summed E-state index contributed by atoms with van der Waals surface area (Å²) >= 11 is 12.5. The van der Waals surface area contributed by atoms with Crippen molar-refractivity contribution in [3.05, 3.63) is 57.6 Å². The third-order valence-electron chi connectivity index (χ3n) is 5.26. The van der Waals surface area contributed by atoms with Crippen LogP contribution in [0.5, 0.6) is 0 Å². The Morgan fingerprint density at radius 1 is 1.04 bits per heavy atom. The predicted octanol–water partition coefficient (Wildman–Crippen LogP) is 4.55. The van der Waals surface area contributed by atoms with Crippen molar-refractivity contribution in [3.8, 4) is 0 Å². The Bertz CT molecular complexity index is 829. The van der Waals surface area contributed by atoms with Crippen LogP contribution >= 0.6 is 23.2 Å². The van der Waals surface area contributed by atoms with Gasteiger partial charge < -0.3 is 10.2 Å². The van der Waals surface area contributed by atoms with Gasteiger partial charge in [-0.05, 0) is 48.4 Å². The second kappa shape index (κ2) is 8.51. The summed E-state index contributed by atoms with van der Waals surface area (Å²) in [6, 6.07) is 12.4. The highest BCUT2D eigenvalue weighted by molar-refractivity contribution is 6.43. The number of anilines is 2. The lowest BCUT2D eigenvalue weighted by Crippen LogP contribution is -2.47. The number of nitrogens with zero attached hydrogens (tertiary/aromatic N) is 3. The molecule has 1 N–H and O–H groups in total. The van der Waals surface area contributed by atoms with Crippen molar-refractivity contribution < 1.29 is 0 Å². The molecule has 4 rings (SSSR count). The molecule has 2 aromatic carbocycles. The van der Waals surface area contributed by atoms with E-state index in [2.05, 4.69) is 44.4 Å². The van der Waals surface area contributed by atoms with Crippen LogP contribution in [0.4, 0.5) is 11.4 Å². The van der Waals surface area contributed by atoms with Crippen LogP contribution in [-0.2, 0) is 6.54 Å². The van der Waals surface area contributed by atoms with Gasteiger partial charge in [-0.25, -0.2) is 0 Å². The first kappa shape index (κ1) is 18.6. The van der Waals surface area contributed by atoms with Crippen LogP contribution in [0.1, 0.15) is 17.5 Å². The lowest BCUT2D eigenvalue weighted by Gasteiger charge is -2.36. The highest BCUT2D eigenvalue weighted by atomic mass is 35.5. The SMILES string of the molecule is Clc1cccc(N2CCN(CCCNc3ccc4c(c3)CN=C4)CC2)c1Cl. The lowest BCUT2D eigenvalue weighted by molar-refractivity contribution is 0.257. The van der Waals surface area contributed by atoms with E-state index in [0.29, 0.717) is 10.0 Å². The zero-order chi connectivity index (χ0) is 18.6. The van der Waals surface area contributed by atoms with Crippen LogP contribution in [0.2, 0.25) is 10.0 Å². The lowest BCUT2D eigenvalue weighted by atomic mass is 10.1. The summed E-state index contributed by atoms with van der Waals surface area (Å²) < 4.78 is 0. The molecular formula is C21H24Cl2N4. The first-order chi connectivity index (χ1) is 13.2. The Kier molecular flexibility index (Phi) is 5.86. The number of piperazine rings is 1. The number of nitrogens with one attached hydrogen (secondary N) is 1. The molecule has 2 heterocycles. The molecule has 142 valence electrons. The summed E-state index contributed by atoms with van der Waals surface area (Å²) in [6.07, 6.45) is 3.08. The molecule has 1 saturated heterocycles.